The van der Waals surface area contributed by atoms with E-state index in [4.69, 9.17) is 9.72 Å². The molecular formula is C18H29N3O. The second-order valence-electron chi connectivity index (χ2n) is 6.95. The molecular weight excluding hydrogens is 274 g/mol. The summed E-state index contributed by atoms with van der Waals surface area (Å²) in [5.41, 5.74) is 1.39. The van der Waals surface area contributed by atoms with Crippen molar-refractivity contribution < 1.29 is 4.74 Å². The molecule has 0 aliphatic carbocycles. The van der Waals surface area contributed by atoms with Crippen molar-refractivity contribution >= 4 is 5.82 Å². The molecule has 2 saturated heterocycles. The number of aromatic nitrogens is 1. The Balaban J connectivity index is 1.70. The lowest BCUT2D eigenvalue weighted by Crippen LogP contribution is -2.37. The van der Waals surface area contributed by atoms with Gasteiger partial charge in [-0.2, -0.15) is 0 Å². The number of anilines is 1. The Labute approximate surface area is 134 Å². The SMILES string of the molecule is CC(C)CN1CCCC[C@@H]1c1ccc(N2CCOCC2)nc1. The molecule has 0 unspecified atom stereocenters. The van der Waals surface area contributed by atoms with Crippen molar-refractivity contribution in [1.29, 1.82) is 0 Å². The maximum absolute atomic E-state index is 5.41. The zero-order valence-corrected chi connectivity index (χ0v) is 14.0. The topological polar surface area (TPSA) is 28.6 Å². The van der Waals surface area contributed by atoms with Gasteiger partial charge in [-0.15, -0.1) is 0 Å². The highest BCUT2D eigenvalue weighted by Gasteiger charge is 2.24. The van der Waals surface area contributed by atoms with E-state index < -0.39 is 0 Å². The lowest BCUT2D eigenvalue weighted by Gasteiger charge is -2.37. The van der Waals surface area contributed by atoms with Crippen molar-refractivity contribution in [2.75, 3.05) is 44.3 Å². The Hall–Kier alpha value is -1.13. The molecule has 2 aliphatic rings. The summed E-state index contributed by atoms with van der Waals surface area (Å²) in [4.78, 5) is 9.71. The molecule has 2 fully saturated rings. The molecule has 0 bridgehead atoms. The number of morpholine rings is 1. The fourth-order valence-corrected chi connectivity index (χ4v) is 3.63. The highest BCUT2D eigenvalue weighted by molar-refractivity contribution is 5.40. The number of likely N-dealkylation sites (tertiary alicyclic amines) is 1. The number of rotatable bonds is 4. The van der Waals surface area contributed by atoms with Crippen LogP contribution in [0.2, 0.25) is 0 Å². The van der Waals surface area contributed by atoms with Gasteiger partial charge in [-0.05, 0) is 36.9 Å². The van der Waals surface area contributed by atoms with E-state index in [1.54, 1.807) is 0 Å². The zero-order valence-electron chi connectivity index (χ0n) is 14.0. The standard InChI is InChI=1S/C18H29N3O/c1-15(2)14-21-8-4-3-5-17(21)16-6-7-18(19-13-16)20-9-11-22-12-10-20/h6-7,13,15,17H,3-5,8-12,14H2,1-2H3/t17-/m1/s1. The van der Waals surface area contributed by atoms with Crippen LogP contribution in [0.15, 0.2) is 18.3 Å². The maximum atomic E-state index is 5.41. The summed E-state index contributed by atoms with van der Waals surface area (Å²) < 4.78 is 5.41. The van der Waals surface area contributed by atoms with Crippen molar-refractivity contribution in [2.45, 2.75) is 39.2 Å². The average Bonchev–Trinajstić information content (AvgIpc) is 2.56. The zero-order chi connectivity index (χ0) is 15.4. The quantitative estimate of drug-likeness (QED) is 0.854. The molecule has 0 N–H and O–H groups in total. The van der Waals surface area contributed by atoms with Crippen molar-refractivity contribution in [3.8, 4) is 0 Å². The van der Waals surface area contributed by atoms with E-state index in [1.165, 1.54) is 37.9 Å². The number of ether oxygens (including phenoxy) is 1. The van der Waals surface area contributed by atoms with E-state index in [2.05, 4.69) is 42.0 Å². The Morgan fingerprint density at radius 1 is 1.18 bits per heavy atom. The minimum atomic E-state index is 0.558. The number of pyridine rings is 1. The molecule has 0 amide bonds. The van der Waals surface area contributed by atoms with Crippen LogP contribution in [0, 0.1) is 5.92 Å². The van der Waals surface area contributed by atoms with Gasteiger partial charge in [-0.25, -0.2) is 4.98 Å². The lowest BCUT2D eigenvalue weighted by atomic mass is 9.95. The van der Waals surface area contributed by atoms with Gasteiger partial charge in [0.05, 0.1) is 13.2 Å². The molecule has 0 radical (unpaired) electrons. The molecule has 4 heteroatoms. The molecule has 122 valence electrons. The van der Waals surface area contributed by atoms with Crippen LogP contribution < -0.4 is 4.90 Å². The molecule has 3 rings (SSSR count). The van der Waals surface area contributed by atoms with Gasteiger partial charge in [0.25, 0.3) is 0 Å². The highest BCUT2D eigenvalue weighted by Crippen LogP contribution is 2.31. The molecule has 3 heterocycles. The summed E-state index contributed by atoms with van der Waals surface area (Å²) in [6, 6.07) is 5.05. The first-order valence-electron chi connectivity index (χ1n) is 8.77. The maximum Gasteiger partial charge on any atom is 0.128 e. The smallest absolute Gasteiger partial charge is 0.128 e. The molecule has 1 aromatic rings. The van der Waals surface area contributed by atoms with Gasteiger partial charge in [-0.3, -0.25) is 4.90 Å². The third-order valence-electron chi connectivity index (χ3n) is 4.70. The molecule has 1 atom stereocenters. The minimum Gasteiger partial charge on any atom is -0.378 e. The summed E-state index contributed by atoms with van der Waals surface area (Å²) >= 11 is 0. The highest BCUT2D eigenvalue weighted by atomic mass is 16.5. The van der Waals surface area contributed by atoms with Gasteiger partial charge in [0.2, 0.25) is 0 Å². The van der Waals surface area contributed by atoms with Crippen LogP contribution in [0.1, 0.15) is 44.7 Å². The summed E-state index contributed by atoms with van der Waals surface area (Å²) in [6.45, 7) is 10.6. The number of hydrogen-bond acceptors (Lipinski definition) is 4. The van der Waals surface area contributed by atoms with Gasteiger partial charge in [-0.1, -0.05) is 26.3 Å². The van der Waals surface area contributed by atoms with Crippen LogP contribution >= 0.6 is 0 Å². The predicted molar refractivity (Wildman–Crippen MR) is 90.3 cm³/mol. The van der Waals surface area contributed by atoms with Crippen molar-refractivity contribution in [3.63, 3.8) is 0 Å². The summed E-state index contributed by atoms with van der Waals surface area (Å²) in [7, 11) is 0. The third kappa shape index (κ3) is 3.79. The monoisotopic (exact) mass is 303 g/mol. The molecule has 0 aromatic carbocycles. The van der Waals surface area contributed by atoms with Gasteiger partial charge in [0, 0.05) is 31.9 Å². The molecule has 0 spiro atoms. The summed E-state index contributed by atoms with van der Waals surface area (Å²) in [5, 5.41) is 0. The minimum absolute atomic E-state index is 0.558. The van der Waals surface area contributed by atoms with E-state index in [0.717, 1.165) is 38.0 Å². The van der Waals surface area contributed by atoms with E-state index >= 15 is 0 Å². The van der Waals surface area contributed by atoms with E-state index in [-0.39, 0.29) is 0 Å². The molecule has 1 aromatic heterocycles. The van der Waals surface area contributed by atoms with Crippen LogP contribution in [-0.2, 0) is 4.74 Å². The van der Waals surface area contributed by atoms with Crippen LogP contribution in [0.3, 0.4) is 0 Å². The molecule has 4 nitrogen and oxygen atoms in total. The van der Waals surface area contributed by atoms with Crippen LogP contribution in [0.25, 0.3) is 0 Å². The first-order valence-corrected chi connectivity index (χ1v) is 8.77. The normalized spacial score (nSPS) is 24.0. The van der Waals surface area contributed by atoms with E-state index in [0.29, 0.717) is 6.04 Å². The second-order valence-corrected chi connectivity index (χ2v) is 6.95. The Morgan fingerprint density at radius 3 is 2.68 bits per heavy atom. The van der Waals surface area contributed by atoms with Crippen LogP contribution in [-0.4, -0.2) is 49.3 Å². The van der Waals surface area contributed by atoms with Crippen molar-refractivity contribution in [1.82, 2.24) is 9.88 Å². The average molecular weight is 303 g/mol. The second kappa shape index (κ2) is 7.42. The Kier molecular flexibility index (Phi) is 5.32. The van der Waals surface area contributed by atoms with Crippen molar-refractivity contribution in [2.24, 2.45) is 5.92 Å². The van der Waals surface area contributed by atoms with Gasteiger partial charge in [0.1, 0.15) is 5.82 Å². The fourth-order valence-electron chi connectivity index (χ4n) is 3.63. The molecule has 0 saturated carbocycles. The molecule has 2 aliphatic heterocycles. The Morgan fingerprint density at radius 2 is 2.00 bits per heavy atom. The molecule has 22 heavy (non-hydrogen) atoms. The van der Waals surface area contributed by atoms with Crippen molar-refractivity contribution in [3.05, 3.63) is 23.9 Å². The first-order chi connectivity index (χ1) is 10.7. The largest absolute Gasteiger partial charge is 0.378 e. The van der Waals surface area contributed by atoms with E-state index in [9.17, 15) is 0 Å². The lowest BCUT2D eigenvalue weighted by molar-refractivity contribution is 0.122. The summed E-state index contributed by atoms with van der Waals surface area (Å²) in [6.07, 6.45) is 6.05. The fraction of sp³-hybridized carbons (Fsp3) is 0.722. The Bertz CT molecular complexity index is 454. The van der Waals surface area contributed by atoms with Gasteiger partial charge >= 0.3 is 0 Å². The first kappa shape index (κ1) is 15.8. The van der Waals surface area contributed by atoms with Gasteiger partial charge in [0.15, 0.2) is 0 Å². The van der Waals surface area contributed by atoms with Crippen LogP contribution in [0.4, 0.5) is 5.82 Å². The summed E-state index contributed by atoms with van der Waals surface area (Å²) in [5.74, 6) is 1.82. The van der Waals surface area contributed by atoms with Gasteiger partial charge < -0.3 is 9.64 Å². The van der Waals surface area contributed by atoms with E-state index in [1.807, 2.05) is 0 Å². The number of nitrogens with zero attached hydrogens (tertiary/aromatic N) is 3. The van der Waals surface area contributed by atoms with Crippen LogP contribution in [0.5, 0.6) is 0 Å². The number of piperidine rings is 1. The number of hydrogen-bond donors (Lipinski definition) is 0. The predicted octanol–water partition coefficient (Wildman–Crippen LogP) is 3.10. The third-order valence-corrected chi connectivity index (χ3v) is 4.70.